The van der Waals surface area contributed by atoms with E-state index in [0.717, 1.165) is 32.4 Å². The zero-order valence-corrected chi connectivity index (χ0v) is 15.8. The predicted octanol–water partition coefficient (Wildman–Crippen LogP) is 1.47. The Bertz CT molecular complexity index is 789. The number of aromatic amines is 1. The van der Waals surface area contributed by atoms with Crippen molar-refractivity contribution in [1.82, 2.24) is 19.8 Å². The van der Waals surface area contributed by atoms with Crippen LogP contribution in [0, 0.1) is 0 Å². The van der Waals surface area contributed by atoms with Crippen molar-refractivity contribution in [2.45, 2.75) is 38.3 Å². The Hall–Kier alpha value is -2.19. The van der Waals surface area contributed by atoms with Gasteiger partial charge in [-0.1, -0.05) is 6.07 Å². The van der Waals surface area contributed by atoms with Crippen molar-refractivity contribution >= 4 is 23.2 Å². The quantitative estimate of drug-likeness (QED) is 0.764. The number of carbonyl (C=O) groups is 1. The minimum Gasteiger partial charge on any atom is -0.369 e. The van der Waals surface area contributed by atoms with Crippen molar-refractivity contribution in [2.75, 3.05) is 25.9 Å². The molecule has 1 aliphatic rings. The number of nitrogen functional groups attached to an aromatic ring is 1. The molecule has 0 spiro atoms. The number of nitrogens with zero attached hydrogens (tertiary/aromatic N) is 3. The molecule has 140 valence electrons. The van der Waals surface area contributed by atoms with Crippen LogP contribution < -0.4 is 11.3 Å². The van der Waals surface area contributed by atoms with Crippen LogP contribution in [0.3, 0.4) is 0 Å². The molecule has 0 radical (unpaired) electrons. The number of anilines is 1. The monoisotopic (exact) mass is 375 g/mol. The first-order chi connectivity index (χ1) is 12.5. The van der Waals surface area contributed by atoms with Crippen LogP contribution in [0.2, 0.25) is 0 Å². The van der Waals surface area contributed by atoms with Crippen molar-refractivity contribution in [1.29, 1.82) is 0 Å². The summed E-state index contributed by atoms with van der Waals surface area (Å²) in [5, 5.41) is 2.07. The standard InChI is InChI=1S/C18H25N5O2S/c1-22(11-13-10-16(24)21-18(19)20-13)14-7-8-23(12-14)17(25)6-2-4-15-5-3-9-26-15/h3,5,9-10,14H,2,4,6-8,11-12H2,1H3,(H3,19,20,21,24). The third-order valence-electron chi connectivity index (χ3n) is 4.76. The number of rotatable bonds is 7. The van der Waals surface area contributed by atoms with Crippen LogP contribution in [-0.2, 0) is 17.8 Å². The van der Waals surface area contributed by atoms with Gasteiger partial charge in [0.25, 0.3) is 5.56 Å². The highest BCUT2D eigenvalue weighted by molar-refractivity contribution is 7.09. The van der Waals surface area contributed by atoms with Crippen molar-refractivity contribution in [2.24, 2.45) is 0 Å². The van der Waals surface area contributed by atoms with E-state index in [1.165, 1.54) is 10.9 Å². The fourth-order valence-corrected chi connectivity index (χ4v) is 4.10. The fourth-order valence-electron chi connectivity index (χ4n) is 3.35. The second-order valence-corrected chi connectivity index (χ2v) is 7.78. The van der Waals surface area contributed by atoms with E-state index >= 15 is 0 Å². The normalized spacial score (nSPS) is 17.2. The van der Waals surface area contributed by atoms with E-state index in [0.29, 0.717) is 18.7 Å². The summed E-state index contributed by atoms with van der Waals surface area (Å²) in [6, 6.07) is 5.91. The van der Waals surface area contributed by atoms with Gasteiger partial charge < -0.3 is 10.6 Å². The number of aryl methyl sites for hydroxylation is 1. The lowest BCUT2D eigenvalue weighted by Gasteiger charge is -2.24. The zero-order valence-electron chi connectivity index (χ0n) is 15.0. The summed E-state index contributed by atoms with van der Waals surface area (Å²) < 4.78 is 0. The highest BCUT2D eigenvalue weighted by atomic mass is 32.1. The molecule has 7 nitrogen and oxygen atoms in total. The number of hydrogen-bond donors (Lipinski definition) is 2. The highest BCUT2D eigenvalue weighted by Crippen LogP contribution is 2.18. The van der Waals surface area contributed by atoms with Gasteiger partial charge in [-0.25, -0.2) is 4.98 Å². The molecule has 2 aromatic rings. The van der Waals surface area contributed by atoms with Crippen LogP contribution in [0.1, 0.15) is 29.8 Å². The number of hydrogen-bond acceptors (Lipinski definition) is 6. The first kappa shape index (κ1) is 18.6. The number of nitrogens with one attached hydrogen (secondary N) is 1. The third kappa shape index (κ3) is 4.92. The van der Waals surface area contributed by atoms with Crippen LogP contribution in [-0.4, -0.2) is 51.9 Å². The summed E-state index contributed by atoms with van der Waals surface area (Å²) in [6.07, 6.45) is 3.40. The van der Waals surface area contributed by atoms with Crippen molar-refractivity contribution < 1.29 is 4.79 Å². The van der Waals surface area contributed by atoms with Crippen LogP contribution in [0.25, 0.3) is 0 Å². The van der Waals surface area contributed by atoms with Gasteiger partial charge in [-0.3, -0.25) is 19.5 Å². The number of H-pyrrole nitrogens is 1. The molecular weight excluding hydrogens is 350 g/mol. The molecule has 1 unspecified atom stereocenters. The number of aromatic nitrogens is 2. The second-order valence-electron chi connectivity index (χ2n) is 6.75. The van der Waals surface area contributed by atoms with Crippen molar-refractivity contribution in [3.05, 3.63) is 44.5 Å². The van der Waals surface area contributed by atoms with Crippen molar-refractivity contribution in [3.63, 3.8) is 0 Å². The maximum Gasteiger partial charge on any atom is 0.252 e. The van der Waals surface area contributed by atoms with E-state index in [1.807, 2.05) is 18.0 Å². The van der Waals surface area contributed by atoms with Gasteiger partial charge in [-0.15, -0.1) is 11.3 Å². The number of likely N-dealkylation sites (tertiary alicyclic amines) is 1. The van der Waals surface area contributed by atoms with Gasteiger partial charge in [-0.2, -0.15) is 0 Å². The number of nitrogens with two attached hydrogens (primary N) is 1. The molecule has 1 atom stereocenters. The highest BCUT2D eigenvalue weighted by Gasteiger charge is 2.28. The molecule has 2 aromatic heterocycles. The first-order valence-corrected chi connectivity index (χ1v) is 9.75. The molecule has 0 bridgehead atoms. The maximum absolute atomic E-state index is 12.4. The largest absolute Gasteiger partial charge is 0.369 e. The summed E-state index contributed by atoms with van der Waals surface area (Å²) >= 11 is 1.74. The van der Waals surface area contributed by atoms with Gasteiger partial charge in [0.1, 0.15) is 0 Å². The average Bonchev–Trinajstić information content (AvgIpc) is 3.25. The van der Waals surface area contributed by atoms with Gasteiger partial charge >= 0.3 is 0 Å². The molecule has 3 heterocycles. The maximum atomic E-state index is 12.4. The van der Waals surface area contributed by atoms with E-state index in [1.54, 1.807) is 11.3 Å². The summed E-state index contributed by atoms with van der Waals surface area (Å²) in [7, 11) is 1.99. The lowest BCUT2D eigenvalue weighted by atomic mass is 10.2. The van der Waals surface area contributed by atoms with Crippen LogP contribution in [0.4, 0.5) is 5.95 Å². The fraction of sp³-hybridized carbons (Fsp3) is 0.500. The lowest BCUT2D eigenvalue weighted by Crippen LogP contribution is -2.36. The third-order valence-corrected chi connectivity index (χ3v) is 5.69. The lowest BCUT2D eigenvalue weighted by molar-refractivity contribution is -0.130. The molecule has 1 saturated heterocycles. The van der Waals surface area contributed by atoms with Gasteiger partial charge in [-0.05, 0) is 37.8 Å². The molecule has 26 heavy (non-hydrogen) atoms. The molecule has 0 aromatic carbocycles. The van der Waals surface area contributed by atoms with E-state index in [9.17, 15) is 9.59 Å². The van der Waals surface area contributed by atoms with Gasteiger partial charge in [0.2, 0.25) is 11.9 Å². The topological polar surface area (TPSA) is 95.3 Å². The molecule has 3 rings (SSSR count). The Kier molecular flexibility index (Phi) is 6.05. The molecule has 0 aliphatic carbocycles. The zero-order chi connectivity index (χ0) is 18.5. The number of amides is 1. The minimum absolute atomic E-state index is 0.134. The van der Waals surface area contributed by atoms with E-state index in [-0.39, 0.29) is 23.5 Å². The van der Waals surface area contributed by atoms with Gasteiger partial charge in [0.05, 0.1) is 5.69 Å². The van der Waals surface area contributed by atoms with E-state index in [2.05, 4.69) is 26.3 Å². The Morgan fingerprint density at radius 1 is 1.54 bits per heavy atom. The molecule has 1 fully saturated rings. The molecule has 8 heteroatoms. The number of carbonyl (C=O) groups excluding carboxylic acids is 1. The van der Waals surface area contributed by atoms with E-state index < -0.39 is 0 Å². The minimum atomic E-state index is -0.241. The van der Waals surface area contributed by atoms with E-state index in [4.69, 9.17) is 5.73 Å². The van der Waals surface area contributed by atoms with Gasteiger partial charge in [0, 0.05) is 43.0 Å². The van der Waals surface area contributed by atoms with Crippen molar-refractivity contribution in [3.8, 4) is 0 Å². The Balaban J connectivity index is 1.46. The smallest absolute Gasteiger partial charge is 0.252 e. The number of likely N-dealkylation sites (N-methyl/N-ethyl adjacent to an activating group) is 1. The Morgan fingerprint density at radius 3 is 3.12 bits per heavy atom. The van der Waals surface area contributed by atoms with Gasteiger partial charge in [0.15, 0.2) is 0 Å². The second kappa shape index (κ2) is 8.46. The molecule has 3 N–H and O–H groups in total. The van der Waals surface area contributed by atoms with Crippen LogP contribution in [0.5, 0.6) is 0 Å². The summed E-state index contributed by atoms with van der Waals surface area (Å²) in [5.41, 5.74) is 6.00. The molecular formula is C18H25N5O2S. The average molecular weight is 375 g/mol. The summed E-state index contributed by atoms with van der Waals surface area (Å²) in [5.74, 6) is 0.367. The molecule has 1 aliphatic heterocycles. The van der Waals surface area contributed by atoms with Crippen LogP contribution >= 0.6 is 11.3 Å². The Labute approximate surface area is 156 Å². The first-order valence-electron chi connectivity index (χ1n) is 8.87. The van der Waals surface area contributed by atoms with Crippen LogP contribution in [0.15, 0.2) is 28.4 Å². The predicted molar refractivity (Wildman–Crippen MR) is 103 cm³/mol. The SMILES string of the molecule is CN(Cc1cc(=O)[nH]c(N)n1)C1CCN(C(=O)CCCc2cccs2)C1. The molecule has 0 saturated carbocycles. The summed E-state index contributed by atoms with van der Waals surface area (Å²) in [4.78, 5) is 36.0. The molecule has 1 amide bonds. The number of thiophene rings is 1. The Morgan fingerprint density at radius 2 is 2.38 bits per heavy atom. The summed E-state index contributed by atoms with van der Waals surface area (Å²) in [6.45, 7) is 2.06.